The van der Waals surface area contributed by atoms with Gasteiger partial charge in [-0.05, 0) is 24.3 Å². The molecule has 162 valence electrons. The molecule has 0 bridgehead atoms. The first-order valence-corrected chi connectivity index (χ1v) is 10.1. The lowest BCUT2D eigenvalue weighted by Gasteiger charge is -2.11. The Balaban J connectivity index is 1.63. The molecule has 0 amide bonds. The third kappa shape index (κ3) is 4.09. The number of benzene rings is 3. The van der Waals surface area contributed by atoms with Crippen molar-refractivity contribution in [1.82, 2.24) is 19.7 Å². The Morgan fingerprint density at radius 2 is 1.58 bits per heavy atom. The smallest absolute Gasteiger partial charge is 0.191 e. The van der Waals surface area contributed by atoms with Crippen LogP contribution < -0.4 is 9.84 Å². The maximum atomic E-state index is 10.7. The Morgan fingerprint density at radius 1 is 0.879 bits per heavy atom. The first-order valence-electron chi connectivity index (χ1n) is 10.1. The van der Waals surface area contributed by atoms with Crippen molar-refractivity contribution in [1.29, 1.82) is 0 Å². The fraction of sp³-hybridized carbons (Fsp3) is 0.0400. The molecule has 8 nitrogen and oxygen atoms in total. The summed E-state index contributed by atoms with van der Waals surface area (Å²) >= 11 is 0. The van der Waals surface area contributed by atoms with Gasteiger partial charge in [-0.2, -0.15) is 0 Å². The highest BCUT2D eigenvalue weighted by atomic mass is 16.5. The summed E-state index contributed by atoms with van der Waals surface area (Å²) in [4.78, 5) is 15.2. The van der Waals surface area contributed by atoms with Crippen LogP contribution in [0.5, 0.6) is 5.75 Å². The Hall–Kier alpha value is -4.72. The molecule has 5 aromatic rings. The number of para-hydroxylation sites is 1. The van der Waals surface area contributed by atoms with Crippen LogP contribution in [0.1, 0.15) is 0 Å². The molecule has 5 rings (SSSR count). The summed E-state index contributed by atoms with van der Waals surface area (Å²) in [5.41, 5.74) is 2.92. The van der Waals surface area contributed by atoms with Crippen molar-refractivity contribution in [2.45, 2.75) is 0 Å². The van der Waals surface area contributed by atoms with E-state index in [-0.39, 0.29) is 0 Å². The lowest BCUT2D eigenvalue weighted by Crippen LogP contribution is -2.28. The predicted molar refractivity (Wildman–Crippen MR) is 118 cm³/mol. The lowest BCUT2D eigenvalue weighted by atomic mass is 10.1. The number of hydrogen-bond acceptors (Lipinski definition) is 7. The van der Waals surface area contributed by atoms with E-state index in [0.717, 1.165) is 11.3 Å². The highest BCUT2D eigenvalue weighted by Crippen LogP contribution is 2.35. The van der Waals surface area contributed by atoms with E-state index in [1.807, 2.05) is 71.3 Å². The van der Waals surface area contributed by atoms with Gasteiger partial charge in [0.15, 0.2) is 29.5 Å². The molecule has 0 saturated carbocycles. The predicted octanol–water partition coefficient (Wildman–Crippen LogP) is 3.39. The first kappa shape index (κ1) is 20.2. The van der Waals surface area contributed by atoms with Gasteiger partial charge in [-0.15, -0.1) is 10.2 Å². The molecule has 33 heavy (non-hydrogen) atoms. The molecule has 8 heteroatoms. The van der Waals surface area contributed by atoms with Crippen LogP contribution in [-0.2, 0) is 4.79 Å². The number of oxazole rings is 1. The third-order valence-corrected chi connectivity index (χ3v) is 4.94. The summed E-state index contributed by atoms with van der Waals surface area (Å²) in [6, 6.07) is 26.4. The Kier molecular flexibility index (Phi) is 5.38. The zero-order chi connectivity index (χ0) is 22.6. The molecule has 0 spiro atoms. The van der Waals surface area contributed by atoms with Gasteiger partial charge < -0.3 is 19.1 Å². The van der Waals surface area contributed by atoms with Crippen LogP contribution in [0.25, 0.3) is 39.9 Å². The van der Waals surface area contributed by atoms with Gasteiger partial charge >= 0.3 is 0 Å². The maximum Gasteiger partial charge on any atom is 0.191 e. The molecular formula is C25H17N4O4-. The lowest BCUT2D eigenvalue weighted by molar-refractivity contribution is -0.307. The number of aliphatic carboxylic acids is 1. The van der Waals surface area contributed by atoms with Crippen molar-refractivity contribution in [3.63, 3.8) is 0 Å². The van der Waals surface area contributed by atoms with Crippen molar-refractivity contribution >= 4 is 5.97 Å². The van der Waals surface area contributed by atoms with E-state index >= 15 is 0 Å². The van der Waals surface area contributed by atoms with Crippen LogP contribution in [0.4, 0.5) is 0 Å². The molecule has 0 aliphatic carbocycles. The van der Waals surface area contributed by atoms with Crippen LogP contribution in [0.15, 0.2) is 95.7 Å². The van der Waals surface area contributed by atoms with Crippen LogP contribution in [0.3, 0.4) is 0 Å². The topological polar surface area (TPSA) is 106 Å². The van der Waals surface area contributed by atoms with Crippen LogP contribution >= 0.6 is 0 Å². The number of hydrogen-bond donors (Lipinski definition) is 0. The van der Waals surface area contributed by atoms with Gasteiger partial charge in [-0.3, -0.25) is 4.57 Å². The zero-order valence-electron chi connectivity index (χ0n) is 17.3. The second-order valence-electron chi connectivity index (χ2n) is 7.10. The van der Waals surface area contributed by atoms with Gasteiger partial charge in [0.2, 0.25) is 0 Å². The quantitative estimate of drug-likeness (QED) is 0.384. The Bertz CT molecular complexity index is 1390. The molecule has 0 unspecified atom stereocenters. The van der Waals surface area contributed by atoms with Gasteiger partial charge in [-0.1, -0.05) is 60.7 Å². The van der Waals surface area contributed by atoms with Gasteiger partial charge in [0.1, 0.15) is 12.4 Å². The highest BCUT2D eigenvalue weighted by molar-refractivity contribution is 5.76. The number of carbonyl (C=O) groups is 1. The van der Waals surface area contributed by atoms with Gasteiger partial charge in [-0.25, -0.2) is 4.98 Å². The average molecular weight is 437 g/mol. The summed E-state index contributed by atoms with van der Waals surface area (Å²) < 4.78 is 12.9. The van der Waals surface area contributed by atoms with Gasteiger partial charge in [0.25, 0.3) is 0 Å². The summed E-state index contributed by atoms with van der Waals surface area (Å²) in [5.74, 6) is 0.693. The molecule has 2 heterocycles. The Morgan fingerprint density at radius 3 is 2.33 bits per heavy atom. The summed E-state index contributed by atoms with van der Waals surface area (Å²) in [6.45, 7) is -0.546. The standard InChI is InChI=1S/C25H18N4O4/c30-21(31)15-32-20-13-7-10-18(14-20)23-22(26-16-33-23)25-28-27-24(17-8-3-1-4-9-17)29(25)19-11-5-2-6-12-19/h1-14,16H,15H2,(H,30,31)/p-1. The van der Waals surface area contributed by atoms with Crippen molar-refractivity contribution in [2.24, 2.45) is 0 Å². The van der Waals surface area contributed by atoms with E-state index < -0.39 is 12.6 Å². The van der Waals surface area contributed by atoms with Crippen LogP contribution in [-0.4, -0.2) is 32.3 Å². The minimum atomic E-state index is -1.30. The largest absolute Gasteiger partial charge is 0.546 e. The molecular weight excluding hydrogens is 420 g/mol. The molecule has 0 aliphatic rings. The SMILES string of the molecule is O=C([O-])COc1cccc(-c2ocnc2-c2nnc(-c3ccccc3)n2-c2ccccc2)c1. The van der Waals surface area contributed by atoms with Crippen molar-refractivity contribution in [3.8, 4) is 45.7 Å². The number of aromatic nitrogens is 4. The number of carboxylic acid groups (broad SMARTS) is 1. The molecule has 0 N–H and O–H groups in total. The number of carboxylic acids is 1. The third-order valence-electron chi connectivity index (χ3n) is 4.94. The summed E-state index contributed by atoms with van der Waals surface area (Å²) in [5, 5.41) is 19.6. The molecule has 2 aromatic heterocycles. The molecule has 0 aliphatic heterocycles. The summed E-state index contributed by atoms with van der Waals surface area (Å²) in [7, 11) is 0. The van der Waals surface area contributed by atoms with Crippen LogP contribution in [0, 0.1) is 0 Å². The van der Waals surface area contributed by atoms with Crippen molar-refractivity contribution in [2.75, 3.05) is 6.61 Å². The second-order valence-corrected chi connectivity index (χ2v) is 7.10. The minimum absolute atomic E-state index is 0.369. The van der Waals surface area contributed by atoms with Gasteiger partial charge in [0, 0.05) is 16.8 Å². The van der Waals surface area contributed by atoms with Crippen molar-refractivity contribution < 1.29 is 19.1 Å². The second kappa shape index (κ2) is 8.80. The number of ether oxygens (including phenoxy) is 1. The normalized spacial score (nSPS) is 10.8. The molecule has 0 radical (unpaired) electrons. The molecule has 0 saturated heterocycles. The summed E-state index contributed by atoms with van der Waals surface area (Å²) in [6.07, 6.45) is 1.34. The fourth-order valence-electron chi connectivity index (χ4n) is 3.51. The average Bonchev–Trinajstić information content (AvgIpc) is 3.51. The fourth-order valence-corrected chi connectivity index (χ4v) is 3.51. The van der Waals surface area contributed by atoms with E-state index in [4.69, 9.17) is 9.15 Å². The Labute approximate surface area is 188 Å². The van der Waals surface area contributed by atoms with Crippen LogP contribution in [0.2, 0.25) is 0 Å². The van der Waals surface area contributed by atoms with E-state index in [2.05, 4.69) is 15.2 Å². The van der Waals surface area contributed by atoms with E-state index in [1.165, 1.54) is 6.39 Å². The first-order chi connectivity index (χ1) is 16.2. The molecule has 0 atom stereocenters. The monoisotopic (exact) mass is 437 g/mol. The number of carbonyl (C=O) groups excluding carboxylic acids is 1. The van der Waals surface area contributed by atoms with Crippen molar-refractivity contribution in [3.05, 3.63) is 91.3 Å². The molecule has 0 fully saturated rings. The van der Waals surface area contributed by atoms with Gasteiger partial charge in [0.05, 0.1) is 5.97 Å². The number of rotatable bonds is 7. The van der Waals surface area contributed by atoms with E-state index in [9.17, 15) is 9.90 Å². The van der Waals surface area contributed by atoms with E-state index in [0.29, 0.717) is 34.4 Å². The maximum absolute atomic E-state index is 10.7. The number of nitrogens with zero attached hydrogens (tertiary/aromatic N) is 4. The zero-order valence-corrected chi connectivity index (χ0v) is 17.3. The highest BCUT2D eigenvalue weighted by Gasteiger charge is 2.23. The minimum Gasteiger partial charge on any atom is -0.546 e. The molecule has 3 aromatic carbocycles. The van der Waals surface area contributed by atoms with E-state index in [1.54, 1.807) is 18.2 Å².